The van der Waals surface area contributed by atoms with E-state index in [2.05, 4.69) is 21.2 Å². The van der Waals surface area contributed by atoms with E-state index in [1.165, 1.54) is 0 Å². The number of nitrogens with one attached hydrogen (secondary N) is 1. The number of hydrogen-bond donors (Lipinski definition) is 2. The lowest BCUT2D eigenvalue weighted by molar-refractivity contribution is -0.140. The molecule has 8 heteroatoms. The third-order valence-electron chi connectivity index (χ3n) is 4.12. The van der Waals surface area contributed by atoms with Crippen LogP contribution >= 0.6 is 15.9 Å². The first-order valence-corrected chi connectivity index (χ1v) is 8.59. The molecule has 0 saturated carbocycles. The quantitative estimate of drug-likeness (QED) is 0.590. The first-order valence-electron chi connectivity index (χ1n) is 7.79. The number of para-hydroxylation sites is 1. The average molecular weight is 418 g/mol. The zero-order chi connectivity index (χ0) is 19.0. The van der Waals surface area contributed by atoms with Crippen molar-refractivity contribution in [3.63, 3.8) is 0 Å². The number of benzene rings is 1. The third-order valence-corrected chi connectivity index (χ3v) is 4.79. The van der Waals surface area contributed by atoms with Crippen LogP contribution in [0.3, 0.4) is 0 Å². The van der Waals surface area contributed by atoms with Crippen molar-refractivity contribution in [1.82, 2.24) is 14.8 Å². The summed E-state index contributed by atoms with van der Waals surface area (Å²) in [6, 6.07) is 8.94. The Kier molecular flexibility index (Phi) is 4.69. The Morgan fingerprint density at radius 3 is 2.62 bits per heavy atom. The number of carbonyl (C=O) groups is 3. The summed E-state index contributed by atoms with van der Waals surface area (Å²) in [7, 11) is 0. The van der Waals surface area contributed by atoms with Gasteiger partial charge in [-0.25, -0.2) is 9.69 Å². The Hall–Kier alpha value is -2.87. The van der Waals surface area contributed by atoms with Gasteiger partial charge in [0, 0.05) is 15.9 Å². The Morgan fingerprint density at radius 1 is 1.27 bits per heavy atom. The molecule has 3 rings (SSSR count). The van der Waals surface area contributed by atoms with Crippen molar-refractivity contribution in [2.24, 2.45) is 0 Å². The van der Waals surface area contributed by atoms with Gasteiger partial charge in [0.1, 0.15) is 12.2 Å². The highest BCUT2D eigenvalue weighted by atomic mass is 79.9. The number of halogens is 1. The van der Waals surface area contributed by atoms with Crippen molar-refractivity contribution >= 4 is 39.9 Å². The Bertz CT molecular complexity index is 961. The van der Waals surface area contributed by atoms with Crippen LogP contribution in [0.5, 0.6) is 0 Å². The molecule has 0 aliphatic carbocycles. The number of aryl methyl sites for hydroxylation is 1. The highest BCUT2D eigenvalue weighted by Crippen LogP contribution is 2.28. The SMILES string of the molecule is Cc1cc(/C=C2/NC(=O)N(CC(=O)O)C2=O)c(C)n1-c1ccccc1Br. The van der Waals surface area contributed by atoms with Crippen molar-refractivity contribution in [2.75, 3.05) is 6.54 Å². The fourth-order valence-electron chi connectivity index (χ4n) is 2.94. The largest absolute Gasteiger partial charge is 0.480 e. The van der Waals surface area contributed by atoms with Crippen LogP contribution in [-0.2, 0) is 9.59 Å². The van der Waals surface area contributed by atoms with Crippen LogP contribution in [0.2, 0.25) is 0 Å². The average Bonchev–Trinajstić information content (AvgIpc) is 2.99. The van der Waals surface area contributed by atoms with Crippen LogP contribution in [-0.4, -0.2) is 39.0 Å². The van der Waals surface area contributed by atoms with Gasteiger partial charge in [-0.1, -0.05) is 12.1 Å². The number of carboxylic acids is 1. The molecule has 0 bridgehead atoms. The fraction of sp³-hybridized carbons (Fsp3) is 0.167. The smallest absolute Gasteiger partial charge is 0.329 e. The summed E-state index contributed by atoms with van der Waals surface area (Å²) >= 11 is 3.54. The molecule has 2 heterocycles. The maximum absolute atomic E-state index is 12.3. The summed E-state index contributed by atoms with van der Waals surface area (Å²) in [6.07, 6.45) is 1.57. The van der Waals surface area contributed by atoms with Crippen molar-refractivity contribution in [2.45, 2.75) is 13.8 Å². The minimum absolute atomic E-state index is 0.0589. The van der Waals surface area contributed by atoms with E-state index in [1.54, 1.807) is 6.08 Å². The van der Waals surface area contributed by atoms with Crippen molar-refractivity contribution < 1.29 is 19.5 Å². The zero-order valence-corrected chi connectivity index (χ0v) is 15.7. The van der Waals surface area contributed by atoms with Crippen molar-refractivity contribution in [1.29, 1.82) is 0 Å². The molecule has 1 aromatic carbocycles. The summed E-state index contributed by atoms with van der Waals surface area (Å²) < 4.78 is 2.96. The summed E-state index contributed by atoms with van der Waals surface area (Å²) in [6.45, 7) is 3.19. The van der Waals surface area contributed by atoms with Crippen molar-refractivity contribution in [3.8, 4) is 5.69 Å². The summed E-state index contributed by atoms with van der Waals surface area (Å²) in [5.74, 6) is -1.90. The second-order valence-corrected chi connectivity index (χ2v) is 6.74. The summed E-state index contributed by atoms with van der Waals surface area (Å²) in [4.78, 5) is 35.6. The number of amides is 3. The van der Waals surface area contributed by atoms with E-state index in [1.807, 2.05) is 48.7 Å². The molecule has 2 N–H and O–H groups in total. The molecule has 3 amide bonds. The maximum atomic E-state index is 12.3. The van der Waals surface area contributed by atoms with Crippen molar-refractivity contribution in [3.05, 3.63) is 57.5 Å². The maximum Gasteiger partial charge on any atom is 0.329 e. The van der Waals surface area contributed by atoms with Gasteiger partial charge in [-0.3, -0.25) is 9.59 Å². The predicted octanol–water partition coefficient (Wildman–Crippen LogP) is 2.83. The molecule has 2 aromatic rings. The molecule has 1 aromatic heterocycles. The molecular weight excluding hydrogens is 402 g/mol. The first-order chi connectivity index (χ1) is 12.3. The molecule has 0 radical (unpaired) electrons. The lowest BCUT2D eigenvalue weighted by Crippen LogP contribution is -2.35. The van der Waals surface area contributed by atoms with Gasteiger partial charge in [0.15, 0.2) is 0 Å². The van der Waals surface area contributed by atoms with E-state index in [-0.39, 0.29) is 5.70 Å². The number of carbonyl (C=O) groups excluding carboxylic acids is 2. The van der Waals surface area contributed by atoms with Crippen LogP contribution in [0.4, 0.5) is 4.79 Å². The van der Waals surface area contributed by atoms with E-state index in [9.17, 15) is 14.4 Å². The van der Waals surface area contributed by atoms with Gasteiger partial charge in [0.05, 0.1) is 5.69 Å². The van der Waals surface area contributed by atoms with Gasteiger partial charge in [0.2, 0.25) is 0 Å². The van der Waals surface area contributed by atoms with Gasteiger partial charge in [-0.15, -0.1) is 0 Å². The monoisotopic (exact) mass is 417 g/mol. The predicted molar refractivity (Wildman–Crippen MR) is 98.8 cm³/mol. The number of aromatic nitrogens is 1. The second-order valence-electron chi connectivity index (χ2n) is 5.89. The molecule has 134 valence electrons. The Balaban J connectivity index is 2.00. The Labute approximate surface area is 158 Å². The molecule has 0 spiro atoms. The minimum atomic E-state index is -1.25. The van der Waals surface area contributed by atoms with Gasteiger partial charge < -0.3 is 15.0 Å². The van der Waals surface area contributed by atoms with Crippen LogP contribution in [0, 0.1) is 13.8 Å². The van der Waals surface area contributed by atoms with Crippen LogP contribution in [0.15, 0.2) is 40.5 Å². The molecule has 0 atom stereocenters. The second kappa shape index (κ2) is 6.80. The molecule has 7 nitrogen and oxygen atoms in total. The topological polar surface area (TPSA) is 91.6 Å². The standard InChI is InChI=1S/C18H16BrN3O4/c1-10-7-12(11(2)22(10)15-6-4-3-5-13(15)19)8-14-17(25)21(9-16(23)24)18(26)20-14/h3-8H,9H2,1-2H3,(H,20,26)(H,23,24)/b14-8+. The summed E-state index contributed by atoms with van der Waals surface area (Å²) in [5.41, 5.74) is 3.63. The number of aliphatic carboxylic acids is 1. The number of carboxylic acid groups (broad SMARTS) is 1. The van der Waals surface area contributed by atoms with Crippen LogP contribution in [0.25, 0.3) is 11.8 Å². The number of urea groups is 1. The highest BCUT2D eigenvalue weighted by Gasteiger charge is 2.35. The molecule has 1 aliphatic rings. The molecule has 1 fully saturated rings. The van der Waals surface area contributed by atoms with E-state index in [0.717, 1.165) is 27.1 Å². The molecule has 1 aliphatic heterocycles. The fourth-order valence-corrected chi connectivity index (χ4v) is 3.41. The minimum Gasteiger partial charge on any atom is -0.480 e. The number of hydrogen-bond acceptors (Lipinski definition) is 3. The molecule has 0 unspecified atom stereocenters. The third kappa shape index (κ3) is 3.15. The first kappa shape index (κ1) is 17.9. The van der Waals surface area contributed by atoms with Gasteiger partial charge in [0.25, 0.3) is 5.91 Å². The normalized spacial score (nSPS) is 15.7. The van der Waals surface area contributed by atoms with E-state index < -0.39 is 24.5 Å². The number of rotatable bonds is 4. The molecule has 1 saturated heterocycles. The zero-order valence-electron chi connectivity index (χ0n) is 14.1. The van der Waals surface area contributed by atoms with Crippen LogP contribution in [0.1, 0.15) is 17.0 Å². The molecular formula is C18H16BrN3O4. The lowest BCUT2D eigenvalue weighted by Gasteiger charge is -2.11. The van der Waals surface area contributed by atoms with Gasteiger partial charge in [-0.05, 0) is 59.6 Å². The van der Waals surface area contributed by atoms with Gasteiger partial charge >= 0.3 is 12.0 Å². The summed E-state index contributed by atoms with van der Waals surface area (Å²) in [5, 5.41) is 11.3. The van der Waals surface area contributed by atoms with E-state index in [0.29, 0.717) is 4.90 Å². The number of nitrogens with zero attached hydrogens (tertiary/aromatic N) is 2. The number of imide groups is 1. The lowest BCUT2D eigenvalue weighted by atomic mass is 10.2. The van der Waals surface area contributed by atoms with E-state index >= 15 is 0 Å². The van der Waals surface area contributed by atoms with Gasteiger partial charge in [-0.2, -0.15) is 0 Å². The Morgan fingerprint density at radius 2 is 1.96 bits per heavy atom. The van der Waals surface area contributed by atoms with Crippen LogP contribution < -0.4 is 5.32 Å². The highest BCUT2D eigenvalue weighted by molar-refractivity contribution is 9.10. The molecule has 26 heavy (non-hydrogen) atoms. The van der Waals surface area contributed by atoms with E-state index in [4.69, 9.17) is 5.11 Å².